The molecule has 0 radical (unpaired) electrons. The maximum absolute atomic E-state index is 5.27. The summed E-state index contributed by atoms with van der Waals surface area (Å²) in [6, 6.07) is 6.25. The van der Waals surface area contributed by atoms with Crippen LogP contribution in [0.3, 0.4) is 0 Å². The van der Waals surface area contributed by atoms with Crippen LogP contribution in [0.25, 0.3) is 0 Å². The van der Waals surface area contributed by atoms with Crippen LogP contribution in [0.5, 0.6) is 5.75 Å². The number of benzene rings is 1. The number of nitrogens with one attached hydrogen (secondary N) is 1. The standard InChI is InChI=1S/C15H20BrN3O/c1-4-7-19-10-12(9-18-19)15(17-2)11-5-6-14(20-3)13(16)8-11/h5-6,8-10,15,17H,4,7H2,1-3H3. The molecule has 1 atom stereocenters. The van der Waals surface area contributed by atoms with E-state index in [1.807, 2.05) is 24.0 Å². The summed E-state index contributed by atoms with van der Waals surface area (Å²) in [7, 11) is 3.63. The largest absolute Gasteiger partial charge is 0.496 e. The van der Waals surface area contributed by atoms with Gasteiger partial charge < -0.3 is 10.1 Å². The summed E-state index contributed by atoms with van der Waals surface area (Å²) in [5, 5.41) is 7.74. The molecule has 5 heteroatoms. The number of aryl methyl sites for hydroxylation is 1. The average Bonchev–Trinajstić information content (AvgIpc) is 2.89. The fraction of sp³-hybridized carbons (Fsp3) is 0.400. The monoisotopic (exact) mass is 337 g/mol. The topological polar surface area (TPSA) is 39.1 Å². The zero-order valence-electron chi connectivity index (χ0n) is 12.1. The molecule has 108 valence electrons. The molecule has 0 aliphatic rings. The van der Waals surface area contributed by atoms with Crippen LogP contribution in [0.4, 0.5) is 0 Å². The van der Waals surface area contributed by atoms with Crippen molar-refractivity contribution in [3.05, 3.63) is 46.2 Å². The van der Waals surface area contributed by atoms with Crippen LogP contribution < -0.4 is 10.1 Å². The van der Waals surface area contributed by atoms with E-state index >= 15 is 0 Å². The molecule has 1 unspecified atom stereocenters. The Morgan fingerprint density at radius 1 is 1.40 bits per heavy atom. The Bertz CT molecular complexity index is 568. The second-order valence-corrected chi connectivity index (χ2v) is 5.51. The number of halogens is 1. The van der Waals surface area contributed by atoms with Crippen LogP contribution in [0.1, 0.15) is 30.5 Å². The summed E-state index contributed by atoms with van der Waals surface area (Å²) in [6.07, 6.45) is 5.11. The average molecular weight is 338 g/mol. The second-order valence-electron chi connectivity index (χ2n) is 4.65. The summed E-state index contributed by atoms with van der Waals surface area (Å²) in [5.41, 5.74) is 2.34. The molecule has 0 spiro atoms. The predicted molar refractivity (Wildman–Crippen MR) is 84.1 cm³/mol. The Morgan fingerprint density at radius 2 is 2.20 bits per heavy atom. The minimum atomic E-state index is 0.128. The number of ether oxygens (including phenoxy) is 1. The Hall–Kier alpha value is -1.33. The molecule has 4 nitrogen and oxygen atoms in total. The van der Waals surface area contributed by atoms with Crippen LogP contribution >= 0.6 is 15.9 Å². The first kappa shape index (κ1) is 15.1. The van der Waals surface area contributed by atoms with Gasteiger partial charge in [-0.2, -0.15) is 5.10 Å². The molecule has 2 rings (SSSR count). The van der Waals surface area contributed by atoms with Crippen molar-refractivity contribution in [2.75, 3.05) is 14.2 Å². The first-order chi connectivity index (χ1) is 9.69. The third kappa shape index (κ3) is 3.22. The molecule has 2 aromatic rings. The van der Waals surface area contributed by atoms with Gasteiger partial charge in [-0.05, 0) is 47.1 Å². The van der Waals surface area contributed by atoms with Crippen molar-refractivity contribution in [2.24, 2.45) is 0 Å². The zero-order valence-corrected chi connectivity index (χ0v) is 13.6. The highest BCUT2D eigenvalue weighted by Crippen LogP contribution is 2.30. The van der Waals surface area contributed by atoms with E-state index in [-0.39, 0.29) is 6.04 Å². The van der Waals surface area contributed by atoms with Gasteiger partial charge in [-0.1, -0.05) is 13.0 Å². The maximum Gasteiger partial charge on any atom is 0.133 e. The van der Waals surface area contributed by atoms with Crippen molar-refractivity contribution in [1.29, 1.82) is 0 Å². The Balaban J connectivity index is 2.28. The number of rotatable bonds is 6. The molecule has 0 saturated carbocycles. The van der Waals surface area contributed by atoms with E-state index in [4.69, 9.17) is 4.74 Å². The van der Waals surface area contributed by atoms with Gasteiger partial charge in [0.25, 0.3) is 0 Å². The molecule has 20 heavy (non-hydrogen) atoms. The Labute approximate surface area is 128 Å². The summed E-state index contributed by atoms with van der Waals surface area (Å²) in [5.74, 6) is 0.838. The van der Waals surface area contributed by atoms with Gasteiger partial charge in [-0.25, -0.2) is 0 Å². The van der Waals surface area contributed by atoms with Crippen molar-refractivity contribution in [2.45, 2.75) is 25.9 Å². The molecular formula is C15H20BrN3O. The van der Waals surface area contributed by atoms with Gasteiger partial charge in [0.05, 0.1) is 23.8 Å². The van der Waals surface area contributed by atoms with Crippen LogP contribution in [-0.4, -0.2) is 23.9 Å². The SMILES string of the molecule is CCCn1cc(C(NC)c2ccc(OC)c(Br)c2)cn1. The van der Waals surface area contributed by atoms with E-state index in [1.54, 1.807) is 7.11 Å². The van der Waals surface area contributed by atoms with E-state index in [2.05, 4.69) is 51.6 Å². The van der Waals surface area contributed by atoms with Crippen LogP contribution in [-0.2, 0) is 6.54 Å². The first-order valence-corrected chi connectivity index (χ1v) is 7.52. The predicted octanol–water partition coefficient (Wildman–Crippen LogP) is 3.37. The molecule has 0 aliphatic carbocycles. The van der Waals surface area contributed by atoms with Gasteiger partial charge in [0.1, 0.15) is 5.75 Å². The van der Waals surface area contributed by atoms with Crippen LogP contribution in [0.15, 0.2) is 35.1 Å². The number of hydrogen-bond acceptors (Lipinski definition) is 3. The molecular weight excluding hydrogens is 318 g/mol. The molecule has 0 saturated heterocycles. The van der Waals surface area contributed by atoms with Gasteiger partial charge in [0.15, 0.2) is 0 Å². The van der Waals surface area contributed by atoms with Crippen molar-refractivity contribution in [1.82, 2.24) is 15.1 Å². The second kappa shape index (κ2) is 6.90. The smallest absolute Gasteiger partial charge is 0.133 e. The Morgan fingerprint density at radius 3 is 2.80 bits per heavy atom. The molecule has 0 bridgehead atoms. The summed E-state index contributed by atoms with van der Waals surface area (Å²) < 4.78 is 8.21. The quantitative estimate of drug-likeness (QED) is 0.878. The summed E-state index contributed by atoms with van der Waals surface area (Å²) in [4.78, 5) is 0. The molecule has 1 heterocycles. The lowest BCUT2D eigenvalue weighted by molar-refractivity contribution is 0.412. The Kier molecular flexibility index (Phi) is 5.20. The number of methoxy groups -OCH3 is 1. The zero-order chi connectivity index (χ0) is 14.5. The highest BCUT2D eigenvalue weighted by Gasteiger charge is 2.15. The van der Waals surface area contributed by atoms with E-state index < -0.39 is 0 Å². The molecule has 1 N–H and O–H groups in total. The van der Waals surface area contributed by atoms with Crippen LogP contribution in [0.2, 0.25) is 0 Å². The van der Waals surface area contributed by atoms with Crippen molar-refractivity contribution in [3.63, 3.8) is 0 Å². The van der Waals surface area contributed by atoms with Crippen molar-refractivity contribution in [3.8, 4) is 5.75 Å². The summed E-state index contributed by atoms with van der Waals surface area (Å²) in [6.45, 7) is 3.10. The molecule has 0 fully saturated rings. The van der Waals surface area contributed by atoms with E-state index in [0.717, 1.165) is 28.8 Å². The van der Waals surface area contributed by atoms with E-state index in [9.17, 15) is 0 Å². The van der Waals surface area contributed by atoms with Crippen molar-refractivity contribution >= 4 is 15.9 Å². The van der Waals surface area contributed by atoms with Crippen LogP contribution in [0, 0.1) is 0 Å². The fourth-order valence-electron chi connectivity index (χ4n) is 2.27. The minimum Gasteiger partial charge on any atom is -0.496 e. The lowest BCUT2D eigenvalue weighted by Gasteiger charge is -2.16. The molecule has 0 amide bonds. The van der Waals surface area contributed by atoms with Gasteiger partial charge >= 0.3 is 0 Å². The highest BCUT2D eigenvalue weighted by molar-refractivity contribution is 9.10. The fourth-order valence-corrected chi connectivity index (χ4v) is 2.83. The third-order valence-electron chi connectivity index (χ3n) is 3.24. The lowest BCUT2D eigenvalue weighted by Crippen LogP contribution is -2.17. The lowest BCUT2D eigenvalue weighted by atomic mass is 10.0. The van der Waals surface area contributed by atoms with E-state index in [0.29, 0.717) is 0 Å². The van der Waals surface area contributed by atoms with Gasteiger partial charge in [0.2, 0.25) is 0 Å². The highest BCUT2D eigenvalue weighted by atomic mass is 79.9. The molecule has 0 aliphatic heterocycles. The normalized spacial score (nSPS) is 12.4. The van der Waals surface area contributed by atoms with E-state index in [1.165, 1.54) is 5.56 Å². The first-order valence-electron chi connectivity index (χ1n) is 6.72. The third-order valence-corrected chi connectivity index (χ3v) is 3.86. The molecule has 1 aromatic carbocycles. The minimum absolute atomic E-state index is 0.128. The van der Waals surface area contributed by atoms with Gasteiger partial charge in [0, 0.05) is 18.3 Å². The van der Waals surface area contributed by atoms with Crippen molar-refractivity contribution < 1.29 is 4.74 Å². The van der Waals surface area contributed by atoms with Gasteiger partial charge in [-0.3, -0.25) is 4.68 Å². The molecule has 1 aromatic heterocycles. The number of hydrogen-bond donors (Lipinski definition) is 1. The van der Waals surface area contributed by atoms with Gasteiger partial charge in [-0.15, -0.1) is 0 Å². The number of nitrogens with zero attached hydrogens (tertiary/aromatic N) is 2. The maximum atomic E-state index is 5.27. The number of aromatic nitrogens is 2. The summed E-state index contributed by atoms with van der Waals surface area (Å²) >= 11 is 3.53.